The van der Waals surface area contributed by atoms with Gasteiger partial charge in [-0.25, -0.2) is 0 Å². The summed E-state index contributed by atoms with van der Waals surface area (Å²) in [5, 5.41) is 12.7. The van der Waals surface area contributed by atoms with Crippen molar-refractivity contribution in [1.82, 2.24) is 5.32 Å². The van der Waals surface area contributed by atoms with E-state index in [0.717, 1.165) is 25.8 Å². The van der Waals surface area contributed by atoms with Crippen LogP contribution in [0.2, 0.25) is 0 Å². The van der Waals surface area contributed by atoms with Crippen molar-refractivity contribution in [2.75, 3.05) is 18.5 Å². The van der Waals surface area contributed by atoms with Crippen LogP contribution >= 0.6 is 0 Å². The highest BCUT2D eigenvalue weighted by molar-refractivity contribution is 5.46. The van der Waals surface area contributed by atoms with Crippen LogP contribution in [-0.2, 0) is 6.42 Å². The third-order valence-corrected chi connectivity index (χ3v) is 3.81. The van der Waals surface area contributed by atoms with Gasteiger partial charge in [0.2, 0.25) is 0 Å². The first-order chi connectivity index (χ1) is 9.90. The number of benzene rings is 1. The monoisotopic (exact) mass is 287 g/mol. The lowest BCUT2D eigenvalue weighted by Gasteiger charge is -2.27. The normalized spacial score (nSPS) is 13.8. The van der Waals surface area contributed by atoms with Crippen LogP contribution in [0.5, 0.6) is 0 Å². The standard InChI is InChI=1S/C18H29N3/c1-6-16-8-10-17(11-9-16)21(5)13-7-12-18(4,14-19)20-15(2)3/h8-11,15,20H,6-7,12-13H2,1-5H3. The van der Waals surface area contributed by atoms with Crippen molar-refractivity contribution < 1.29 is 0 Å². The maximum atomic E-state index is 9.35. The molecule has 0 aliphatic carbocycles. The van der Waals surface area contributed by atoms with Crippen LogP contribution in [0.25, 0.3) is 0 Å². The zero-order chi connectivity index (χ0) is 15.9. The first-order valence-corrected chi connectivity index (χ1v) is 7.89. The highest BCUT2D eigenvalue weighted by Gasteiger charge is 2.23. The quantitative estimate of drug-likeness (QED) is 0.791. The van der Waals surface area contributed by atoms with Gasteiger partial charge in [-0.1, -0.05) is 19.1 Å². The van der Waals surface area contributed by atoms with E-state index in [2.05, 4.69) is 68.4 Å². The fraction of sp³-hybridized carbons (Fsp3) is 0.611. The first-order valence-electron chi connectivity index (χ1n) is 7.89. The zero-order valence-corrected chi connectivity index (χ0v) is 14.1. The molecule has 0 aliphatic rings. The number of rotatable bonds is 8. The maximum Gasteiger partial charge on any atom is 0.104 e. The number of aryl methyl sites for hydroxylation is 1. The summed E-state index contributed by atoms with van der Waals surface area (Å²) in [5.41, 5.74) is 2.18. The van der Waals surface area contributed by atoms with Gasteiger partial charge in [-0.3, -0.25) is 5.32 Å². The average molecular weight is 287 g/mol. The maximum absolute atomic E-state index is 9.35. The van der Waals surface area contributed by atoms with E-state index in [9.17, 15) is 5.26 Å². The molecule has 0 bridgehead atoms. The summed E-state index contributed by atoms with van der Waals surface area (Å²) in [5.74, 6) is 0. The van der Waals surface area contributed by atoms with Crippen molar-refractivity contribution in [3.8, 4) is 6.07 Å². The third-order valence-electron chi connectivity index (χ3n) is 3.81. The molecule has 1 aromatic carbocycles. The van der Waals surface area contributed by atoms with Crippen molar-refractivity contribution in [2.45, 2.75) is 58.5 Å². The predicted molar refractivity (Wildman–Crippen MR) is 90.6 cm³/mol. The molecule has 1 unspecified atom stereocenters. The van der Waals surface area contributed by atoms with E-state index < -0.39 is 5.54 Å². The Morgan fingerprint density at radius 1 is 1.29 bits per heavy atom. The van der Waals surface area contributed by atoms with Crippen LogP contribution in [-0.4, -0.2) is 25.2 Å². The highest BCUT2D eigenvalue weighted by atomic mass is 15.1. The number of anilines is 1. The highest BCUT2D eigenvalue weighted by Crippen LogP contribution is 2.17. The van der Waals surface area contributed by atoms with Crippen LogP contribution in [0, 0.1) is 11.3 Å². The minimum absolute atomic E-state index is 0.328. The lowest BCUT2D eigenvalue weighted by Crippen LogP contribution is -2.45. The van der Waals surface area contributed by atoms with E-state index in [0.29, 0.717) is 6.04 Å². The van der Waals surface area contributed by atoms with Crippen molar-refractivity contribution in [3.63, 3.8) is 0 Å². The molecule has 0 spiro atoms. The lowest BCUT2D eigenvalue weighted by atomic mass is 9.96. The SMILES string of the molecule is CCc1ccc(N(C)CCCC(C)(C#N)NC(C)C)cc1. The van der Waals surface area contributed by atoms with Gasteiger partial charge in [0.05, 0.1) is 6.07 Å². The minimum atomic E-state index is -0.429. The summed E-state index contributed by atoms with van der Waals surface area (Å²) in [4.78, 5) is 2.26. The second-order valence-electron chi connectivity index (χ2n) is 6.29. The fourth-order valence-corrected chi connectivity index (χ4v) is 2.58. The van der Waals surface area contributed by atoms with Crippen LogP contribution in [0.3, 0.4) is 0 Å². The topological polar surface area (TPSA) is 39.1 Å². The van der Waals surface area contributed by atoms with Gasteiger partial charge in [0, 0.05) is 25.3 Å². The van der Waals surface area contributed by atoms with Crippen LogP contribution < -0.4 is 10.2 Å². The summed E-state index contributed by atoms with van der Waals surface area (Å²) < 4.78 is 0. The lowest BCUT2D eigenvalue weighted by molar-refractivity contribution is 0.375. The van der Waals surface area contributed by atoms with Gasteiger partial charge < -0.3 is 4.90 Å². The Kier molecular flexibility index (Phi) is 6.71. The molecule has 0 radical (unpaired) electrons. The molecule has 0 saturated carbocycles. The molecule has 1 rings (SSSR count). The zero-order valence-electron chi connectivity index (χ0n) is 14.1. The molecule has 3 nitrogen and oxygen atoms in total. The molecule has 21 heavy (non-hydrogen) atoms. The predicted octanol–water partition coefficient (Wildman–Crippen LogP) is 3.75. The van der Waals surface area contributed by atoms with Gasteiger partial charge in [-0.05, 0) is 57.7 Å². The molecule has 1 atom stereocenters. The van der Waals surface area contributed by atoms with E-state index >= 15 is 0 Å². The van der Waals surface area contributed by atoms with Gasteiger partial charge in [0.15, 0.2) is 0 Å². The van der Waals surface area contributed by atoms with Crippen molar-refractivity contribution in [2.24, 2.45) is 0 Å². The molecule has 0 heterocycles. The molecule has 0 amide bonds. The van der Waals surface area contributed by atoms with Crippen molar-refractivity contribution >= 4 is 5.69 Å². The van der Waals surface area contributed by atoms with Crippen molar-refractivity contribution in [3.05, 3.63) is 29.8 Å². The third kappa shape index (κ3) is 5.77. The molecule has 0 aliphatic heterocycles. The molecule has 3 heteroatoms. The second-order valence-corrected chi connectivity index (χ2v) is 6.29. The largest absolute Gasteiger partial charge is 0.375 e. The van der Waals surface area contributed by atoms with Gasteiger partial charge in [-0.2, -0.15) is 5.26 Å². The van der Waals surface area contributed by atoms with Crippen molar-refractivity contribution in [1.29, 1.82) is 5.26 Å². The Balaban J connectivity index is 2.48. The average Bonchev–Trinajstić information content (AvgIpc) is 2.46. The van der Waals surface area contributed by atoms with E-state index in [1.54, 1.807) is 0 Å². The van der Waals surface area contributed by atoms with Crippen LogP contribution in [0.15, 0.2) is 24.3 Å². The van der Waals surface area contributed by atoms with E-state index in [1.807, 2.05) is 6.92 Å². The Morgan fingerprint density at radius 2 is 1.90 bits per heavy atom. The Hall–Kier alpha value is -1.53. The summed E-state index contributed by atoms with van der Waals surface area (Å²) in [7, 11) is 2.11. The Labute approximate surface area is 130 Å². The Bertz CT molecular complexity index is 458. The number of hydrogen-bond acceptors (Lipinski definition) is 3. The molecule has 1 N–H and O–H groups in total. The number of nitrogens with zero attached hydrogens (tertiary/aromatic N) is 2. The summed E-state index contributed by atoms with van der Waals surface area (Å²) >= 11 is 0. The molecule has 0 saturated heterocycles. The molecule has 0 fully saturated rings. The Morgan fingerprint density at radius 3 is 2.38 bits per heavy atom. The van der Waals surface area contributed by atoms with E-state index in [1.165, 1.54) is 11.3 Å². The second kappa shape index (κ2) is 8.05. The summed E-state index contributed by atoms with van der Waals surface area (Å²) in [6.07, 6.45) is 2.93. The van der Waals surface area contributed by atoms with Crippen LogP contribution in [0.4, 0.5) is 5.69 Å². The first kappa shape index (κ1) is 17.5. The van der Waals surface area contributed by atoms with Gasteiger partial charge in [-0.15, -0.1) is 0 Å². The molecule has 116 valence electrons. The summed E-state index contributed by atoms with van der Waals surface area (Å²) in [6.45, 7) is 9.28. The van der Waals surface area contributed by atoms with Gasteiger partial charge in [0.1, 0.15) is 5.54 Å². The fourth-order valence-electron chi connectivity index (χ4n) is 2.58. The smallest absolute Gasteiger partial charge is 0.104 e. The van der Waals surface area contributed by atoms with Gasteiger partial charge in [0.25, 0.3) is 0 Å². The van der Waals surface area contributed by atoms with E-state index in [-0.39, 0.29) is 0 Å². The molecule has 0 aromatic heterocycles. The molecular weight excluding hydrogens is 258 g/mol. The number of nitrogens with one attached hydrogen (secondary N) is 1. The van der Waals surface area contributed by atoms with Gasteiger partial charge >= 0.3 is 0 Å². The number of hydrogen-bond donors (Lipinski definition) is 1. The minimum Gasteiger partial charge on any atom is -0.375 e. The number of nitriles is 1. The van der Waals surface area contributed by atoms with Crippen LogP contribution in [0.1, 0.15) is 46.1 Å². The van der Waals surface area contributed by atoms with E-state index in [4.69, 9.17) is 0 Å². The summed E-state index contributed by atoms with van der Waals surface area (Å²) in [6, 6.07) is 11.5. The molecule has 1 aromatic rings. The molecular formula is C18H29N3.